The molecule has 0 spiro atoms. The minimum absolute atomic E-state index is 0.0399. The van der Waals surface area contributed by atoms with Crippen molar-refractivity contribution in [3.63, 3.8) is 0 Å². The first kappa shape index (κ1) is 16.4. The van der Waals surface area contributed by atoms with Gasteiger partial charge in [-0.25, -0.2) is 4.98 Å². The van der Waals surface area contributed by atoms with E-state index in [1.54, 1.807) is 17.3 Å². The number of rotatable bonds is 4. The highest BCUT2D eigenvalue weighted by molar-refractivity contribution is 7.09. The SMILES string of the molecule is CN(C(=O)c1csc([C@@H]2CCCO2)n1)[C@H](CO)C(C)(C)C. The molecule has 2 atom stereocenters. The number of aromatic nitrogens is 1. The molecule has 1 aliphatic rings. The Hall–Kier alpha value is -0.980. The van der Waals surface area contributed by atoms with Gasteiger partial charge in [0.05, 0.1) is 12.6 Å². The van der Waals surface area contributed by atoms with Crippen LogP contribution in [0.2, 0.25) is 0 Å². The third kappa shape index (κ3) is 3.62. The number of carbonyl (C=O) groups excluding carboxylic acids is 1. The van der Waals surface area contributed by atoms with Gasteiger partial charge in [0, 0.05) is 19.0 Å². The summed E-state index contributed by atoms with van der Waals surface area (Å²) in [6, 6.07) is -0.238. The largest absolute Gasteiger partial charge is 0.394 e. The summed E-state index contributed by atoms with van der Waals surface area (Å²) in [5.41, 5.74) is 0.253. The third-order valence-corrected chi connectivity index (χ3v) is 4.84. The maximum Gasteiger partial charge on any atom is 0.273 e. The Morgan fingerprint density at radius 2 is 2.33 bits per heavy atom. The molecule has 21 heavy (non-hydrogen) atoms. The van der Waals surface area contributed by atoms with Crippen LogP contribution in [0, 0.1) is 5.41 Å². The van der Waals surface area contributed by atoms with Gasteiger partial charge >= 0.3 is 0 Å². The number of aliphatic hydroxyl groups excluding tert-OH is 1. The Bertz CT molecular complexity index is 489. The van der Waals surface area contributed by atoms with E-state index in [0.717, 1.165) is 24.5 Å². The van der Waals surface area contributed by atoms with Crippen LogP contribution in [0.25, 0.3) is 0 Å². The second kappa shape index (κ2) is 6.42. The van der Waals surface area contributed by atoms with Gasteiger partial charge in [-0.15, -0.1) is 11.3 Å². The number of nitrogens with zero attached hydrogens (tertiary/aromatic N) is 2. The van der Waals surface area contributed by atoms with Crippen molar-refractivity contribution in [2.45, 2.75) is 45.8 Å². The Balaban J connectivity index is 2.12. The lowest BCUT2D eigenvalue weighted by molar-refractivity contribution is 0.0428. The van der Waals surface area contributed by atoms with E-state index in [-0.39, 0.29) is 30.1 Å². The first-order chi connectivity index (χ1) is 9.84. The Morgan fingerprint density at radius 1 is 1.62 bits per heavy atom. The highest BCUT2D eigenvalue weighted by Crippen LogP contribution is 2.31. The number of likely N-dealkylation sites (N-methyl/N-ethyl adjacent to an activating group) is 1. The summed E-state index contributed by atoms with van der Waals surface area (Å²) in [7, 11) is 1.72. The zero-order chi connectivity index (χ0) is 15.6. The van der Waals surface area contributed by atoms with Crippen molar-refractivity contribution in [1.82, 2.24) is 9.88 Å². The molecule has 1 fully saturated rings. The summed E-state index contributed by atoms with van der Waals surface area (Å²) < 4.78 is 5.60. The average Bonchev–Trinajstić information content (AvgIpc) is 3.07. The van der Waals surface area contributed by atoms with Crippen molar-refractivity contribution in [2.75, 3.05) is 20.3 Å². The van der Waals surface area contributed by atoms with Gasteiger partial charge in [0.1, 0.15) is 16.8 Å². The van der Waals surface area contributed by atoms with Crippen LogP contribution < -0.4 is 0 Å². The molecule has 2 rings (SSSR count). The molecule has 5 nitrogen and oxygen atoms in total. The topological polar surface area (TPSA) is 62.7 Å². The van der Waals surface area contributed by atoms with Crippen LogP contribution in [0.15, 0.2) is 5.38 Å². The molecule has 0 bridgehead atoms. The summed E-state index contributed by atoms with van der Waals surface area (Å²) in [6.45, 7) is 6.74. The molecule has 1 aromatic rings. The lowest BCUT2D eigenvalue weighted by Crippen LogP contribution is -2.47. The lowest BCUT2D eigenvalue weighted by Gasteiger charge is -2.36. The second-order valence-electron chi connectivity index (χ2n) is 6.55. The van der Waals surface area contributed by atoms with E-state index < -0.39 is 0 Å². The molecule has 1 aromatic heterocycles. The van der Waals surface area contributed by atoms with Crippen molar-refractivity contribution >= 4 is 17.2 Å². The van der Waals surface area contributed by atoms with Gasteiger partial charge in [-0.1, -0.05) is 20.8 Å². The van der Waals surface area contributed by atoms with E-state index in [1.165, 1.54) is 11.3 Å². The van der Waals surface area contributed by atoms with E-state index >= 15 is 0 Å². The number of thiazole rings is 1. The van der Waals surface area contributed by atoms with Crippen LogP contribution in [-0.2, 0) is 4.74 Å². The molecular formula is C15H24N2O3S. The molecule has 0 aromatic carbocycles. The number of aliphatic hydroxyl groups is 1. The zero-order valence-electron chi connectivity index (χ0n) is 13.1. The number of amides is 1. The molecular weight excluding hydrogens is 288 g/mol. The maximum atomic E-state index is 12.5. The Labute approximate surface area is 129 Å². The summed E-state index contributed by atoms with van der Waals surface area (Å²) in [5.74, 6) is -0.149. The van der Waals surface area contributed by atoms with E-state index in [0.29, 0.717) is 5.69 Å². The number of ether oxygens (including phenoxy) is 1. The minimum Gasteiger partial charge on any atom is -0.394 e. The van der Waals surface area contributed by atoms with Gasteiger partial charge in [0.25, 0.3) is 5.91 Å². The van der Waals surface area contributed by atoms with Crippen molar-refractivity contribution in [3.8, 4) is 0 Å². The minimum atomic E-state index is -0.238. The van der Waals surface area contributed by atoms with E-state index in [9.17, 15) is 9.90 Å². The van der Waals surface area contributed by atoms with Crippen LogP contribution >= 0.6 is 11.3 Å². The van der Waals surface area contributed by atoms with Gasteiger partial charge in [-0.3, -0.25) is 4.79 Å². The predicted molar refractivity (Wildman–Crippen MR) is 82.5 cm³/mol. The molecule has 0 radical (unpaired) electrons. The first-order valence-electron chi connectivity index (χ1n) is 7.29. The summed E-state index contributed by atoms with van der Waals surface area (Å²) in [4.78, 5) is 18.6. The average molecular weight is 312 g/mol. The molecule has 1 amide bonds. The van der Waals surface area contributed by atoms with Gasteiger partial charge in [-0.05, 0) is 18.3 Å². The van der Waals surface area contributed by atoms with Crippen LogP contribution in [0.5, 0.6) is 0 Å². The lowest BCUT2D eigenvalue weighted by atomic mass is 9.86. The monoisotopic (exact) mass is 312 g/mol. The van der Waals surface area contributed by atoms with Gasteiger partial charge in [-0.2, -0.15) is 0 Å². The fraction of sp³-hybridized carbons (Fsp3) is 0.733. The highest BCUT2D eigenvalue weighted by Gasteiger charge is 2.32. The maximum absolute atomic E-state index is 12.5. The quantitative estimate of drug-likeness (QED) is 0.928. The first-order valence-corrected chi connectivity index (χ1v) is 8.17. The number of carbonyl (C=O) groups is 1. The fourth-order valence-electron chi connectivity index (χ4n) is 2.61. The molecule has 0 saturated carbocycles. The molecule has 1 saturated heterocycles. The molecule has 1 aliphatic heterocycles. The predicted octanol–water partition coefficient (Wildman–Crippen LogP) is 2.47. The van der Waals surface area contributed by atoms with Crippen molar-refractivity contribution in [1.29, 1.82) is 0 Å². The molecule has 6 heteroatoms. The van der Waals surface area contributed by atoms with Crippen LogP contribution in [0.4, 0.5) is 0 Å². The molecule has 1 N–H and O–H groups in total. The summed E-state index contributed by atoms with van der Waals surface area (Å²) in [6.07, 6.45) is 2.06. The number of hydrogen-bond donors (Lipinski definition) is 1. The summed E-state index contributed by atoms with van der Waals surface area (Å²) >= 11 is 1.47. The zero-order valence-corrected chi connectivity index (χ0v) is 13.9. The molecule has 2 heterocycles. The fourth-order valence-corrected chi connectivity index (χ4v) is 3.48. The summed E-state index contributed by atoms with van der Waals surface area (Å²) in [5, 5.41) is 12.2. The smallest absolute Gasteiger partial charge is 0.273 e. The molecule has 0 aliphatic carbocycles. The molecule has 118 valence electrons. The normalized spacial score (nSPS) is 20.5. The van der Waals surface area contributed by atoms with Gasteiger partial charge in [0.15, 0.2) is 0 Å². The molecule has 0 unspecified atom stereocenters. The van der Waals surface area contributed by atoms with E-state index in [2.05, 4.69) is 4.98 Å². The third-order valence-electron chi connectivity index (χ3n) is 3.91. The van der Waals surface area contributed by atoms with Crippen LogP contribution in [0.3, 0.4) is 0 Å². The number of hydrogen-bond acceptors (Lipinski definition) is 5. The Kier molecular flexibility index (Phi) is 5.01. The van der Waals surface area contributed by atoms with Crippen molar-refractivity contribution < 1.29 is 14.6 Å². The standard InChI is InChI=1S/C15H24N2O3S/c1-15(2,3)12(8-18)17(4)14(19)10-9-21-13(16-10)11-6-5-7-20-11/h9,11-12,18H,5-8H2,1-4H3/t11-,12+/m0/s1. The Morgan fingerprint density at radius 3 is 2.86 bits per heavy atom. The van der Waals surface area contributed by atoms with Gasteiger partial charge < -0.3 is 14.7 Å². The highest BCUT2D eigenvalue weighted by atomic mass is 32.1. The van der Waals surface area contributed by atoms with Crippen LogP contribution in [-0.4, -0.2) is 47.2 Å². The van der Waals surface area contributed by atoms with Crippen molar-refractivity contribution in [3.05, 3.63) is 16.1 Å². The van der Waals surface area contributed by atoms with Crippen molar-refractivity contribution in [2.24, 2.45) is 5.41 Å². The van der Waals surface area contributed by atoms with E-state index in [4.69, 9.17) is 4.74 Å². The second-order valence-corrected chi connectivity index (χ2v) is 7.44. The van der Waals surface area contributed by atoms with E-state index in [1.807, 2.05) is 20.8 Å². The van der Waals surface area contributed by atoms with Crippen LogP contribution in [0.1, 0.15) is 55.2 Å². The van der Waals surface area contributed by atoms with Gasteiger partial charge in [0.2, 0.25) is 0 Å².